The number of amides is 1. The first-order valence-corrected chi connectivity index (χ1v) is 20.1. The number of rotatable bonds is 16. The summed E-state index contributed by atoms with van der Waals surface area (Å²) in [5.41, 5.74) is 9.63. The first-order valence-electron chi connectivity index (χ1n) is 18.4. The van der Waals surface area contributed by atoms with Gasteiger partial charge in [0.2, 0.25) is 0 Å². The summed E-state index contributed by atoms with van der Waals surface area (Å²) in [6.45, 7) is 4.84. The Morgan fingerprint density at radius 3 is 2.60 bits per heavy atom. The van der Waals surface area contributed by atoms with Crippen LogP contribution in [0.15, 0.2) is 21.3 Å². The van der Waals surface area contributed by atoms with E-state index in [-0.39, 0.29) is 48.5 Å². The zero-order valence-electron chi connectivity index (χ0n) is 28.5. The van der Waals surface area contributed by atoms with Crippen LogP contribution in [-0.2, 0) is 33.4 Å². The molecular formula is C34H56N6O7S. The molecular weight excluding hydrogens is 636 g/mol. The average molecular weight is 693 g/mol. The Labute approximate surface area is 286 Å². The Kier molecular flexibility index (Phi) is 14.1. The molecule has 3 atom stereocenters. The summed E-state index contributed by atoms with van der Waals surface area (Å²) in [5, 5.41) is 15.8. The third-order valence-corrected chi connectivity index (χ3v) is 13.2. The molecule has 48 heavy (non-hydrogen) atoms. The van der Waals surface area contributed by atoms with Crippen LogP contribution in [0, 0.1) is 5.92 Å². The molecule has 270 valence electrons. The van der Waals surface area contributed by atoms with Crippen molar-refractivity contribution in [3.05, 3.63) is 21.6 Å². The number of azide groups is 1. The van der Waals surface area contributed by atoms with E-state index in [1.807, 2.05) is 0 Å². The van der Waals surface area contributed by atoms with Gasteiger partial charge in [-0.25, -0.2) is 4.99 Å². The number of morpholine rings is 1. The van der Waals surface area contributed by atoms with Crippen molar-refractivity contribution in [3.8, 4) is 0 Å². The molecule has 5 rings (SSSR count). The molecule has 13 nitrogen and oxygen atoms in total. The van der Waals surface area contributed by atoms with Crippen LogP contribution in [0.5, 0.6) is 0 Å². The van der Waals surface area contributed by atoms with E-state index in [0.29, 0.717) is 64.5 Å². The van der Waals surface area contributed by atoms with E-state index < -0.39 is 21.9 Å². The molecule has 2 N–H and O–H groups in total. The molecule has 3 aliphatic carbocycles. The van der Waals surface area contributed by atoms with Crippen LogP contribution < -0.4 is 5.32 Å². The Bertz CT molecular complexity index is 1220. The number of nitrogens with one attached hydrogen (secondary N) is 1. The number of carbonyl (C=O) groups is 1. The van der Waals surface area contributed by atoms with Crippen LogP contribution >= 0.6 is 0 Å². The fourth-order valence-corrected chi connectivity index (χ4v) is 10.1. The second kappa shape index (κ2) is 18.3. The lowest BCUT2D eigenvalue weighted by Gasteiger charge is -2.36. The molecule has 0 aromatic rings. The van der Waals surface area contributed by atoms with Gasteiger partial charge in [0.05, 0.1) is 19.3 Å². The maximum Gasteiger partial charge on any atom is 0.252 e. The zero-order valence-corrected chi connectivity index (χ0v) is 29.3. The van der Waals surface area contributed by atoms with Crippen LogP contribution in [0.4, 0.5) is 0 Å². The van der Waals surface area contributed by atoms with Crippen molar-refractivity contribution in [1.82, 2.24) is 10.2 Å². The summed E-state index contributed by atoms with van der Waals surface area (Å²) < 4.78 is 45.9. The third-order valence-electron chi connectivity index (χ3n) is 11.0. The van der Waals surface area contributed by atoms with Crippen LogP contribution in [0.3, 0.4) is 0 Å². The first-order chi connectivity index (χ1) is 23.4. The molecule has 2 heterocycles. The van der Waals surface area contributed by atoms with E-state index in [4.69, 9.17) is 29.8 Å². The second-order valence-electron chi connectivity index (χ2n) is 14.1. The van der Waals surface area contributed by atoms with Gasteiger partial charge in [-0.2, -0.15) is 0 Å². The van der Waals surface area contributed by atoms with Crippen molar-refractivity contribution in [2.75, 3.05) is 64.9 Å². The maximum atomic E-state index is 14.6. The van der Waals surface area contributed by atoms with Gasteiger partial charge < -0.3 is 29.2 Å². The van der Waals surface area contributed by atoms with Crippen LogP contribution in [0.1, 0.15) is 96.3 Å². The number of hydrogen-bond donors (Lipinski definition) is 2. The lowest BCUT2D eigenvalue weighted by molar-refractivity contribution is -0.128. The molecule has 1 amide bonds. The number of ether oxygens (including phenoxy) is 3. The Morgan fingerprint density at radius 2 is 1.88 bits per heavy atom. The van der Waals surface area contributed by atoms with Crippen molar-refractivity contribution < 1.29 is 32.9 Å². The van der Waals surface area contributed by atoms with Crippen molar-refractivity contribution in [3.63, 3.8) is 0 Å². The van der Waals surface area contributed by atoms with Gasteiger partial charge in [0.15, 0.2) is 17.5 Å². The molecule has 5 aliphatic rings. The van der Waals surface area contributed by atoms with E-state index in [2.05, 4.69) is 20.2 Å². The van der Waals surface area contributed by atoms with Gasteiger partial charge in [-0.15, -0.1) is 4.21 Å². The highest BCUT2D eigenvalue weighted by molar-refractivity contribution is 7.98. The Hall–Kier alpha value is -2.06. The molecule has 1 unspecified atom stereocenters. The highest BCUT2D eigenvalue weighted by Gasteiger charge is 2.56. The molecule has 0 bridgehead atoms. The molecule has 3 fully saturated rings. The summed E-state index contributed by atoms with van der Waals surface area (Å²) in [5.74, 6) is 0.105. The van der Waals surface area contributed by atoms with Gasteiger partial charge in [0.1, 0.15) is 11.0 Å². The minimum absolute atomic E-state index is 0.00654. The number of aliphatic hydroxyl groups is 1. The lowest BCUT2D eigenvalue weighted by atomic mass is 9.78. The predicted octanol–water partition coefficient (Wildman–Crippen LogP) is 4.46. The largest absolute Gasteiger partial charge is 0.615 e. The van der Waals surface area contributed by atoms with Crippen molar-refractivity contribution in [1.29, 1.82) is 0 Å². The first kappa shape index (κ1) is 37.2. The van der Waals surface area contributed by atoms with E-state index in [1.54, 1.807) is 0 Å². The predicted molar refractivity (Wildman–Crippen MR) is 183 cm³/mol. The number of sulfone groups is 1. The molecule has 1 saturated heterocycles. The van der Waals surface area contributed by atoms with Gasteiger partial charge in [-0.1, -0.05) is 17.1 Å². The Morgan fingerprint density at radius 1 is 1.12 bits per heavy atom. The molecule has 0 aromatic carbocycles. The van der Waals surface area contributed by atoms with Gasteiger partial charge in [0, 0.05) is 73.4 Å². The lowest BCUT2D eigenvalue weighted by Crippen LogP contribution is -2.55. The highest BCUT2D eigenvalue weighted by atomic mass is 32.3. The zero-order chi connectivity index (χ0) is 33.8. The summed E-state index contributed by atoms with van der Waals surface area (Å²) in [6.07, 6.45) is 10.7. The summed E-state index contributed by atoms with van der Waals surface area (Å²) in [7, 11) is -3.47. The van der Waals surface area contributed by atoms with Crippen molar-refractivity contribution >= 4 is 22.0 Å². The van der Waals surface area contributed by atoms with Crippen LogP contribution in [0.2, 0.25) is 0 Å². The monoisotopic (exact) mass is 692 g/mol. The van der Waals surface area contributed by atoms with E-state index >= 15 is 0 Å². The fraction of sp³-hybridized carbons (Fsp3) is 0.882. The normalized spacial score (nSPS) is 30.2. The van der Waals surface area contributed by atoms with Crippen LogP contribution in [-0.4, -0.2) is 114 Å². The molecule has 2 saturated carbocycles. The van der Waals surface area contributed by atoms with Gasteiger partial charge in [0.25, 0.3) is 5.91 Å². The number of aliphatic imine (C=N–C) groups is 1. The molecule has 14 heteroatoms. The van der Waals surface area contributed by atoms with Gasteiger partial charge in [-0.05, 0) is 94.6 Å². The Balaban J connectivity index is 1.45. The minimum Gasteiger partial charge on any atom is -0.615 e. The molecule has 0 radical (unpaired) electrons. The molecule has 0 spiro atoms. The number of carbonyl (C=O) groups excluding carboxylic acids is 1. The topological polar surface area (TPSA) is 182 Å². The summed E-state index contributed by atoms with van der Waals surface area (Å²) in [6, 6.07) is 0. The smallest absolute Gasteiger partial charge is 0.252 e. The highest BCUT2D eigenvalue weighted by Crippen LogP contribution is 2.44. The van der Waals surface area contributed by atoms with Crippen LogP contribution in [0.25, 0.3) is 10.4 Å². The summed E-state index contributed by atoms with van der Waals surface area (Å²) >= 11 is 0. The van der Waals surface area contributed by atoms with E-state index in [0.717, 1.165) is 88.4 Å². The molecule has 0 aromatic heterocycles. The average Bonchev–Trinajstić information content (AvgIpc) is 3.52. The third kappa shape index (κ3) is 9.58. The number of nitrogens with zero attached hydrogens (tertiary/aromatic N) is 5. The quantitative estimate of drug-likeness (QED) is 0.0594. The SMILES string of the molecule is [N-]=[N+]=NCC1=C([C@H]2OC(C3CCC(OCCCO)CC3)=N[C@@]2(CC[S+](=O)([O-])C2CCCCC2)C(=O)NCCN2CCOCC2)CCCC1. The number of hydrogen-bond acceptors (Lipinski definition) is 10. The minimum atomic E-state index is -3.47. The second-order valence-corrected chi connectivity index (χ2v) is 16.5. The standard InChI is InChI=1S/C34H56N6O7S/c35-39-37-25-27-7-4-5-10-30(27)31-34(15-24-48(43,44)29-8-2-1-3-9-29,33(42)36-16-17-40-18-22-45-23-19-40)38-32(47-31)26-11-13-28(14-12-26)46-21-6-20-41/h26,28-29,31,41H,1-25H2,(H-,36,42,43,44)/t26?,28?,31-,34-/m1/s1. The fourth-order valence-electron chi connectivity index (χ4n) is 8.11. The maximum absolute atomic E-state index is 14.6. The number of aliphatic hydroxyl groups excluding tert-OH is 1. The van der Waals surface area contributed by atoms with Crippen molar-refractivity contribution in [2.45, 2.75) is 119 Å². The summed E-state index contributed by atoms with van der Waals surface area (Å²) in [4.78, 5) is 25.1. The van der Waals surface area contributed by atoms with Gasteiger partial charge >= 0.3 is 0 Å². The molecule has 2 aliphatic heterocycles. The van der Waals surface area contributed by atoms with Gasteiger partial charge in [-0.3, -0.25) is 9.69 Å². The van der Waals surface area contributed by atoms with Crippen molar-refractivity contribution in [2.24, 2.45) is 16.0 Å². The van der Waals surface area contributed by atoms with E-state index in [1.165, 1.54) is 0 Å². The van der Waals surface area contributed by atoms with E-state index in [9.17, 15) is 13.6 Å².